The fourth-order valence-electron chi connectivity index (χ4n) is 1.00. The summed E-state index contributed by atoms with van der Waals surface area (Å²) in [5.41, 5.74) is 1.28. The van der Waals surface area contributed by atoms with Crippen LogP contribution in [0.15, 0.2) is 34.8 Å². The summed E-state index contributed by atoms with van der Waals surface area (Å²) in [5, 5.41) is 2.67. The maximum Gasteiger partial charge on any atom is 0.252 e. The number of benzene rings is 1. The highest BCUT2D eigenvalue weighted by atomic mass is 79.9. The van der Waals surface area contributed by atoms with E-state index in [2.05, 4.69) is 27.8 Å². The number of halogens is 2. The van der Waals surface area contributed by atoms with Gasteiger partial charge in [-0.05, 0) is 41.1 Å². The summed E-state index contributed by atoms with van der Waals surface area (Å²) < 4.78 is 13.2. The first-order valence-corrected chi connectivity index (χ1v) is 5.17. The van der Waals surface area contributed by atoms with Crippen LogP contribution < -0.4 is 5.32 Å². The van der Waals surface area contributed by atoms with E-state index >= 15 is 0 Å². The van der Waals surface area contributed by atoms with Crippen molar-refractivity contribution in [2.75, 3.05) is 6.54 Å². The van der Waals surface area contributed by atoms with Gasteiger partial charge in [-0.15, -0.1) is 0 Å². The van der Waals surface area contributed by atoms with Crippen LogP contribution in [0.4, 0.5) is 4.39 Å². The van der Waals surface area contributed by atoms with Crippen molar-refractivity contribution >= 4 is 21.8 Å². The highest BCUT2D eigenvalue weighted by molar-refractivity contribution is 9.10. The number of amides is 1. The second-order valence-corrected chi connectivity index (χ2v) is 4.12. The molecule has 1 rings (SSSR count). The lowest BCUT2D eigenvalue weighted by atomic mass is 10.2. The van der Waals surface area contributed by atoms with Crippen LogP contribution in [0.1, 0.15) is 17.3 Å². The van der Waals surface area contributed by atoms with Crippen molar-refractivity contribution in [3.05, 3.63) is 46.2 Å². The summed E-state index contributed by atoms with van der Waals surface area (Å²) in [6.45, 7) is 5.91. The molecule has 0 saturated carbocycles. The van der Waals surface area contributed by atoms with Crippen molar-refractivity contribution in [1.29, 1.82) is 0 Å². The average molecular weight is 272 g/mol. The van der Waals surface area contributed by atoms with Crippen LogP contribution in [0.5, 0.6) is 0 Å². The number of carbonyl (C=O) groups excluding carboxylic acids is 1. The third-order valence-electron chi connectivity index (χ3n) is 1.73. The van der Waals surface area contributed by atoms with E-state index in [0.29, 0.717) is 16.6 Å². The monoisotopic (exact) mass is 271 g/mol. The molecule has 0 spiro atoms. The second kappa shape index (κ2) is 5.07. The van der Waals surface area contributed by atoms with Gasteiger partial charge in [0.05, 0.1) is 5.56 Å². The predicted molar refractivity (Wildman–Crippen MR) is 61.2 cm³/mol. The Morgan fingerprint density at radius 1 is 1.60 bits per heavy atom. The molecule has 0 heterocycles. The molecule has 0 aliphatic carbocycles. The standard InChI is InChI=1S/C11H11BrFNO/c1-7(2)6-14-11(15)9-4-3-8(13)5-10(9)12/h3-5H,1,6H2,2H3,(H,14,15). The molecule has 0 aromatic heterocycles. The van der Waals surface area contributed by atoms with Crippen molar-refractivity contribution < 1.29 is 9.18 Å². The molecular formula is C11H11BrFNO. The van der Waals surface area contributed by atoms with Crippen LogP contribution in [-0.2, 0) is 0 Å². The van der Waals surface area contributed by atoms with E-state index in [1.807, 2.05) is 6.92 Å². The fourth-order valence-corrected chi connectivity index (χ4v) is 1.53. The van der Waals surface area contributed by atoms with E-state index in [9.17, 15) is 9.18 Å². The van der Waals surface area contributed by atoms with E-state index < -0.39 is 0 Å². The van der Waals surface area contributed by atoms with Crippen molar-refractivity contribution in [1.82, 2.24) is 5.32 Å². The molecule has 1 aromatic carbocycles. The van der Waals surface area contributed by atoms with Gasteiger partial charge in [-0.2, -0.15) is 0 Å². The van der Waals surface area contributed by atoms with E-state index in [4.69, 9.17) is 0 Å². The van der Waals surface area contributed by atoms with E-state index in [-0.39, 0.29) is 11.7 Å². The largest absolute Gasteiger partial charge is 0.348 e. The maximum atomic E-state index is 12.7. The van der Waals surface area contributed by atoms with Gasteiger partial charge in [-0.3, -0.25) is 4.79 Å². The molecule has 15 heavy (non-hydrogen) atoms. The van der Waals surface area contributed by atoms with Gasteiger partial charge in [0.25, 0.3) is 5.91 Å². The lowest BCUT2D eigenvalue weighted by Crippen LogP contribution is -2.25. The zero-order chi connectivity index (χ0) is 11.4. The van der Waals surface area contributed by atoms with Crippen molar-refractivity contribution in [3.63, 3.8) is 0 Å². The minimum absolute atomic E-state index is 0.245. The smallest absolute Gasteiger partial charge is 0.252 e. The minimum Gasteiger partial charge on any atom is -0.348 e. The average Bonchev–Trinajstić information content (AvgIpc) is 2.14. The number of rotatable bonds is 3. The Kier molecular flexibility index (Phi) is 4.03. The van der Waals surface area contributed by atoms with Gasteiger partial charge in [0.1, 0.15) is 5.82 Å². The molecule has 1 N–H and O–H groups in total. The number of hydrogen-bond donors (Lipinski definition) is 1. The topological polar surface area (TPSA) is 29.1 Å². The maximum absolute atomic E-state index is 12.7. The van der Waals surface area contributed by atoms with Crippen LogP contribution in [0.3, 0.4) is 0 Å². The first-order valence-electron chi connectivity index (χ1n) is 4.38. The van der Waals surface area contributed by atoms with Crippen LogP contribution in [0, 0.1) is 5.82 Å². The SMILES string of the molecule is C=C(C)CNC(=O)c1ccc(F)cc1Br. The summed E-state index contributed by atoms with van der Waals surface area (Å²) in [4.78, 5) is 11.6. The lowest BCUT2D eigenvalue weighted by molar-refractivity contribution is 0.0956. The third-order valence-corrected chi connectivity index (χ3v) is 2.38. The minimum atomic E-state index is -0.377. The Morgan fingerprint density at radius 3 is 2.80 bits per heavy atom. The summed E-state index contributed by atoms with van der Waals surface area (Å²) in [6, 6.07) is 3.95. The normalized spacial score (nSPS) is 9.80. The van der Waals surface area contributed by atoms with E-state index in [1.54, 1.807) is 0 Å². The molecular weight excluding hydrogens is 261 g/mol. The van der Waals surface area contributed by atoms with Crippen molar-refractivity contribution in [2.24, 2.45) is 0 Å². The van der Waals surface area contributed by atoms with Crippen molar-refractivity contribution in [3.8, 4) is 0 Å². The Hall–Kier alpha value is -1.16. The molecule has 0 saturated heterocycles. The van der Waals surface area contributed by atoms with Crippen LogP contribution >= 0.6 is 15.9 Å². The number of carbonyl (C=O) groups is 1. The zero-order valence-corrected chi connectivity index (χ0v) is 9.90. The van der Waals surface area contributed by atoms with Gasteiger partial charge < -0.3 is 5.32 Å². The number of nitrogens with one attached hydrogen (secondary N) is 1. The molecule has 0 radical (unpaired) electrons. The zero-order valence-electron chi connectivity index (χ0n) is 8.31. The second-order valence-electron chi connectivity index (χ2n) is 3.26. The Labute approximate surface area is 96.3 Å². The fraction of sp³-hybridized carbons (Fsp3) is 0.182. The Balaban J connectivity index is 2.78. The summed E-state index contributed by atoms with van der Waals surface area (Å²) >= 11 is 3.13. The first kappa shape index (κ1) is 11.9. The van der Waals surface area contributed by atoms with Crippen LogP contribution in [0.25, 0.3) is 0 Å². The molecule has 1 amide bonds. The molecule has 0 aliphatic rings. The molecule has 4 heteroatoms. The van der Waals surface area contributed by atoms with Gasteiger partial charge in [-0.1, -0.05) is 12.2 Å². The third kappa shape index (κ3) is 3.47. The molecule has 0 aliphatic heterocycles. The Morgan fingerprint density at radius 2 is 2.27 bits per heavy atom. The Bertz CT molecular complexity index is 404. The highest BCUT2D eigenvalue weighted by Gasteiger charge is 2.09. The van der Waals surface area contributed by atoms with Gasteiger partial charge in [-0.25, -0.2) is 4.39 Å². The molecule has 0 unspecified atom stereocenters. The van der Waals surface area contributed by atoms with E-state index in [1.165, 1.54) is 18.2 Å². The van der Waals surface area contributed by atoms with Crippen molar-refractivity contribution in [2.45, 2.75) is 6.92 Å². The van der Waals surface area contributed by atoms with Gasteiger partial charge in [0.2, 0.25) is 0 Å². The first-order chi connectivity index (χ1) is 7.00. The molecule has 0 bridgehead atoms. The predicted octanol–water partition coefficient (Wildman–Crippen LogP) is 2.89. The lowest BCUT2D eigenvalue weighted by Gasteiger charge is -2.06. The summed E-state index contributed by atoms with van der Waals surface area (Å²) in [6.07, 6.45) is 0. The molecule has 80 valence electrons. The molecule has 0 fully saturated rings. The molecule has 1 aromatic rings. The van der Waals surface area contributed by atoms with E-state index in [0.717, 1.165) is 5.57 Å². The highest BCUT2D eigenvalue weighted by Crippen LogP contribution is 2.17. The van der Waals surface area contributed by atoms with Gasteiger partial charge in [0, 0.05) is 11.0 Å². The number of hydrogen-bond acceptors (Lipinski definition) is 1. The van der Waals surface area contributed by atoms with Gasteiger partial charge >= 0.3 is 0 Å². The molecule has 2 nitrogen and oxygen atoms in total. The molecule has 0 atom stereocenters. The summed E-state index contributed by atoms with van der Waals surface area (Å²) in [7, 11) is 0. The summed E-state index contributed by atoms with van der Waals surface area (Å²) in [5.74, 6) is -0.622. The van der Waals surface area contributed by atoms with Gasteiger partial charge in [0.15, 0.2) is 0 Å². The van der Waals surface area contributed by atoms with Crippen LogP contribution in [-0.4, -0.2) is 12.5 Å². The van der Waals surface area contributed by atoms with Crippen LogP contribution in [0.2, 0.25) is 0 Å². The quantitative estimate of drug-likeness (QED) is 0.842.